The van der Waals surface area contributed by atoms with Gasteiger partial charge in [0.1, 0.15) is 9.96 Å². The van der Waals surface area contributed by atoms with Crippen LogP contribution in [0.4, 0.5) is 5.69 Å². The van der Waals surface area contributed by atoms with Crippen LogP contribution in [0.1, 0.15) is 12.5 Å². The zero-order valence-corrected chi connectivity index (χ0v) is 14.2. The van der Waals surface area contributed by atoms with Crippen LogP contribution in [0.5, 0.6) is 5.75 Å². The Kier molecular flexibility index (Phi) is 4.72. The van der Waals surface area contributed by atoms with E-state index in [2.05, 4.69) is 20.7 Å². The van der Waals surface area contributed by atoms with Gasteiger partial charge in [-0.3, -0.25) is 4.72 Å². The molecule has 0 unspecified atom stereocenters. The molecule has 2 rings (SSSR count). The third-order valence-electron chi connectivity index (χ3n) is 2.52. The summed E-state index contributed by atoms with van der Waals surface area (Å²) in [4.78, 5) is 0. The van der Waals surface area contributed by atoms with Crippen molar-refractivity contribution in [3.63, 3.8) is 0 Å². The first-order valence-corrected chi connectivity index (χ1v) is 9.03. The molecule has 0 saturated heterocycles. The topological polar surface area (TPSA) is 55.4 Å². The number of benzene rings is 1. The first-order valence-electron chi connectivity index (χ1n) is 5.94. The van der Waals surface area contributed by atoms with Crippen LogP contribution in [-0.2, 0) is 10.0 Å². The number of hydrogen-bond donors (Lipinski definition) is 1. The number of hydrogen-bond acceptors (Lipinski definition) is 4. The summed E-state index contributed by atoms with van der Waals surface area (Å²) in [5.74, 6) is 0.713. The number of thiophene rings is 1. The molecule has 0 fully saturated rings. The molecule has 1 aromatic heterocycles. The molecule has 0 atom stereocenters. The maximum absolute atomic E-state index is 12.2. The summed E-state index contributed by atoms with van der Waals surface area (Å²) in [5, 5.41) is 0. The molecule has 1 aromatic carbocycles. The number of halogens is 1. The van der Waals surface area contributed by atoms with Gasteiger partial charge < -0.3 is 4.74 Å². The van der Waals surface area contributed by atoms with E-state index in [-0.39, 0.29) is 4.21 Å². The van der Waals surface area contributed by atoms with Gasteiger partial charge in [-0.1, -0.05) is 0 Å². The van der Waals surface area contributed by atoms with Crippen LogP contribution in [-0.4, -0.2) is 15.0 Å². The van der Waals surface area contributed by atoms with E-state index < -0.39 is 10.0 Å². The highest BCUT2D eigenvalue weighted by Gasteiger charge is 2.18. The Labute approximate surface area is 131 Å². The third kappa shape index (κ3) is 3.53. The van der Waals surface area contributed by atoms with Gasteiger partial charge in [0.15, 0.2) is 0 Å². The molecule has 0 amide bonds. The minimum atomic E-state index is -3.54. The normalized spacial score (nSPS) is 11.3. The lowest BCUT2D eigenvalue weighted by Crippen LogP contribution is -2.11. The summed E-state index contributed by atoms with van der Waals surface area (Å²) in [5.41, 5.74) is 1.41. The largest absolute Gasteiger partial charge is 0.494 e. The molecule has 7 heteroatoms. The molecule has 2 aromatic rings. The molecule has 0 saturated carbocycles. The Morgan fingerprint density at radius 1 is 1.30 bits per heavy atom. The van der Waals surface area contributed by atoms with E-state index in [4.69, 9.17) is 4.74 Å². The van der Waals surface area contributed by atoms with Crippen LogP contribution in [0.15, 0.2) is 38.3 Å². The molecule has 108 valence electrons. The minimum absolute atomic E-state index is 0.288. The number of nitrogens with one attached hydrogen (secondary N) is 1. The molecule has 0 aliphatic rings. The summed E-state index contributed by atoms with van der Waals surface area (Å²) in [7, 11) is -3.54. The second-order valence-electron chi connectivity index (χ2n) is 4.09. The summed E-state index contributed by atoms with van der Waals surface area (Å²) in [6.07, 6.45) is 0. The predicted octanol–water partition coefficient (Wildman–Crippen LogP) is 4.02. The van der Waals surface area contributed by atoms with E-state index in [0.29, 0.717) is 18.0 Å². The number of aryl methyl sites for hydroxylation is 1. The minimum Gasteiger partial charge on any atom is -0.494 e. The Morgan fingerprint density at radius 2 is 1.95 bits per heavy atom. The van der Waals surface area contributed by atoms with E-state index in [1.165, 1.54) is 11.3 Å². The van der Waals surface area contributed by atoms with E-state index in [1.54, 1.807) is 30.3 Å². The molecule has 0 aliphatic heterocycles. The predicted molar refractivity (Wildman–Crippen MR) is 85.2 cm³/mol. The number of rotatable bonds is 5. The molecule has 1 N–H and O–H groups in total. The van der Waals surface area contributed by atoms with Crippen molar-refractivity contribution in [2.75, 3.05) is 11.3 Å². The molecule has 20 heavy (non-hydrogen) atoms. The fourth-order valence-electron chi connectivity index (χ4n) is 1.56. The van der Waals surface area contributed by atoms with E-state index in [9.17, 15) is 8.42 Å². The zero-order chi connectivity index (χ0) is 14.8. The van der Waals surface area contributed by atoms with Crippen LogP contribution in [0.25, 0.3) is 0 Å². The van der Waals surface area contributed by atoms with Crippen molar-refractivity contribution in [1.29, 1.82) is 0 Å². The van der Waals surface area contributed by atoms with E-state index >= 15 is 0 Å². The van der Waals surface area contributed by atoms with Crippen LogP contribution in [0.2, 0.25) is 0 Å². The molecule has 0 aliphatic carbocycles. The van der Waals surface area contributed by atoms with Crippen molar-refractivity contribution in [2.24, 2.45) is 0 Å². The van der Waals surface area contributed by atoms with Crippen LogP contribution < -0.4 is 9.46 Å². The summed E-state index contributed by atoms with van der Waals surface area (Å²) < 4.78 is 33.4. The number of anilines is 1. The first kappa shape index (κ1) is 15.3. The standard InChI is InChI=1S/C13H14BrNO3S2/c1-3-18-11-6-4-10(5-7-11)15-20(16,17)12-8-9(2)13(14)19-12/h4-8,15H,3H2,1-2H3. The zero-order valence-electron chi connectivity index (χ0n) is 11.0. The average molecular weight is 376 g/mol. The SMILES string of the molecule is CCOc1ccc(NS(=O)(=O)c2cc(C)c(Br)s2)cc1. The van der Waals surface area contributed by atoms with Crippen molar-refractivity contribution in [2.45, 2.75) is 18.1 Å². The Hall–Kier alpha value is -1.05. The van der Waals surface area contributed by atoms with Crippen LogP contribution in [0.3, 0.4) is 0 Å². The highest BCUT2D eigenvalue weighted by atomic mass is 79.9. The Morgan fingerprint density at radius 3 is 2.45 bits per heavy atom. The molecule has 4 nitrogen and oxygen atoms in total. The van der Waals surface area contributed by atoms with Gasteiger partial charge in [0.2, 0.25) is 0 Å². The average Bonchev–Trinajstić information content (AvgIpc) is 2.73. The summed E-state index contributed by atoms with van der Waals surface area (Å²) >= 11 is 4.52. The van der Waals surface area contributed by atoms with Crippen molar-refractivity contribution < 1.29 is 13.2 Å². The van der Waals surface area contributed by atoms with Crippen molar-refractivity contribution in [3.8, 4) is 5.75 Å². The number of sulfonamides is 1. The second-order valence-corrected chi connectivity index (χ2v) is 8.36. The lowest BCUT2D eigenvalue weighted by atomic mass is 10.3. The maximum Gasteiger partial charge on any atom is 0.271 e. The quantitative estimate of drug-likeness (QED) is 0.858. The van der Waals surface area contributed by atoms with E-state index in [0.717, 1.165) is 9.35 Å². The summed E-state index contributed by atoms with van der Waals surface area (Å²) in [6, 6.07) is 8.47. The Balaban J connectivity index is 2.19. The third-order valence-corrected chi connectivity index (χ3v) is 6.51. The monoisotopic (exact) mass is 375 g/mol. The van der Waals surface area contributed by atoms with Gasteiger partial charge in [0, 0.05) is 5.69 Å². The van der Waals surface area contributed by atoms with Gasteiger partial charge in [-0.05, 0) is 65.7 Å². The molecular weight excluding hydrogens is 362 g/mol. The van der Waals surface area contributed by atoms with Gasteiger partial charge in [0.25, 0.3) is 10.0 Å². The lowest BCUT2D eigenvalue weighted by Gasteiger charge is -2.07. The highest BCUT2D eigenvalue weighted by Crippen LogP contribution is 2.31. The van der Waals surface area contributed by atoms with Gasteiger partial charge >= 0.3 is 0 Å². The van der Waals surface area contributed by atoms with Gasteiger partial charge in [-0.15, -0.1) is 11.3 Å². The molecule has 0 radical (unpaired) electrons. The van der Waals surface area contributed by atoms with Crippen molar-refractivity contribution >= 4 is 43.0 Å². The fraction of sp³-hybridized carbons (Fsp3) is 0.231. The van der Waals surface area contributed by atoms with Crippen LogP contribution >= 0.6 is 27.3 Å². The van der Waals surface area contributed by atoms with Gasteiger partial charge in [-0.25, -0.2) is 8.42 Å². The molecule has 1 heterocycles. The van der Waals surface area contributed by atoms with Gasteiger partial charge in [-0.2, -0.15) is 0 Å². The molecule has 0 bridgehead atoms. The fourth-order valence-corrected chi connectivity index (χ4v) is 4.84. The van der Waals surface area contributed by atoms with Crippen LogP contribution in [0, 0.1) is 6.92 Å². The molecule has 0 spiro atoms. The highest BCUT2D eigenvalue weighted by molar-refractivity contribution is 9.11. The van der Waals surface area contributed by atoms with E-state index in [1.807, 2.05) is 13.8 Å². The first-order chi connectivity index (χ1) is 9.42. The van der Waals surface area contributed by atoms with Crippen molar-refractivity contribution in [1.82, 2.24) is 0 Å². The summed E-state index contributed by atoms with van der Waals surface area (Å²) in [6.45, 7) is 4.33. The second kappa shape index (κ2) is 6.15. The van der Waals surface area contributed by atoms with Gasteiger partial charge in [0.05, 0.1) is 10.4 Å². The maximum atomic E-state index is 12.2. The number of ether oxygens (including phenoxy) is 1. The Bertz CT molecular complexity index is 673. The van der Waals surface area contributed by atoms with Crippen molar-refractivity contribution in [3.05, 3.63) is 39.7 Å². The lowest BCUT2D eigenvalue weighted by molar-refractivity contribution is 0.340. The smallest absolute Gasteiger partial charge is 0.271 e. The molecular formula is C13H14BrNO3S2.